The van der Waals surface area contributed by atoms with E-state index in [4.69, 9.17) is 17.3 Å². The Morgan fingerprint density at radius 1 is 1.41 bits per heavy atom. The third-order valence-electron chi connectivity index (χ3n) is 3.08. The van der Waals surface area contributed by atoms with E-state index in [1.165, 1.54) is 17.9 Å². The first-order chi connectivity index (χ1) is 8.22. The van der Waals surface area contributed by atoms with Gasteiger partial charge in [-0.1, -0.05) is 30.7 Å². The maximum atomic E-state index is 6.41. The van der Waals surface area contributed by atoms with Crippen LogP contribution < -0.4 is 5.73 Å². The average molecular weight is 288 g/mol. The molecule has 0 aromatic heterocycles. The monoisotopic (exact) mass is 287 g/mol. The second-order valence-corrected chi connectivity index (χ2v) is 7.30. The first-order valence-electron chi connectivity index (χ1n) is 5.96. The summed E-state index contributed by atoms with van der Waals surface area (Å²) in [6.07, 6.45) is 1.19. The van der Waals surface area contributed by atoms with E-state index in [0.29, 0.717) is 10.5 Å². The molecule has 2 rings (SSSR count). The number of benzene rings is 1. The zero-order valence-corrected chi connectivity index (χ0v) is 12.3. The molecule has 2 N–H and O–H groups in total. The lowest BCUT2D eigenvalue weighted by Gasteiger charge is -2.34. The Hall–Kier alpha value is 0.170. The van der Waals surface area contributed by atoms with Gasteiger partial charge in [-0.3, -0.25) is 0 Å². The number of hydrogen-bond donors (Lipinski definition) is 1. The molecule has 1 nitrogen and oxygen atoms in total. The van der Waals surface area contributed by atoms with Crippen molar-refractivity contribution in [2.24, 2.45) is 5.73 Å². The van der Waals surface area contributed by atoms with Crippen molar-refractivity contribution >= 4 is 35.1 Å². The fourth-order valence-electron chi connectivity index (χ4n) is 2.17. The van der Waals surface area contributed by atoms with E-state index >= 15 is 0 Å². The van der Waals surface area contributed by atoms with Crippen LogP contribution in [0.5, 0.6) is 0 Å². The van der Waals surface area contributed by atoms with Crippen LogP contribution in [0.15, 0.2) is 24.3 Å². The summed E-state index contributed by atoms with van der Waals surface area (Å²) in [6, 6.07) is 8.06. The molecular weight excluding hydrogens is 270 g/mol. The molecule has 0 spiro atoms. The molecule has 0 saturated carbocycles. The van der Waals surface area contributed by atoms with Crippen molar-refractivity contribution in [2.75, 3.05) is 11.5 Å². The van der Waals surface area contributed by atoms with Gasteiger partial charge in [0.05, 0.1) is 0 Å². The predicted molar refractivity (Wildman–Crippen MR) is 81.2 cm³/mol. The van der Waals surface area contributed by atoms with Gasteiger partial charge in [0.2, 0.25) is 0 Å². The van der Waals surface area contributed by atoms with Gasteiger partial charge in [0.1, 0.15) is 0 Å². The van der Waals surface area contributed by atoms with Crippen LogP contribution in [0.4, 0.5) is 0 Å². The summed E-state index contributed by atoms with van der Waals surface area (Å²) >= 11 is 10.1. The molecule has 1 aromatic carbocycles. The third kappa shape index (κ3) is 3.34. The van der Waals surface area contributed by atoms with E-state index in [0.717, 1.165) is 10.6 Å². The Kier molecular flexibility index (Phi) is 5.10. The number of hydrogen-bond acceptors (Lipinski definition) is 3. The molecule has 0 amide bonds. The van der Waals surface area contributed by atoms with Crippen LogP contribution in [0.1, 0.15) is 24.9 Å². The second-order valence-electron chi connectivity index (χ2n) is 4.23. The van der Waals surface area contributed by atoms with Gasteiger partial charge in [-0.05, 0) is 24.1 Å². The Balaban J connectivity index is 2.15. The molecule has 1 aromatic rings. The van der Waals surface area contributed by atoms with Gasteiger partial charge in [-0.25, -0.2) is 0 Å². The van der Waals surface area contributed by atoms with Crippen molar-refractivity contribution in [1.29, 1.82) is 0 Å². The van der Waals surface area contributed by atoms with Crippen LogP contribution in [0.25, 0.3) is 0 Å². The Bertz CT molecular complexity index is 372. The molecule has 1 heterocycles. The van der Waals surface area contributed by atoms with Gasteiger partial charge >= 0.3 is 0 Å². The van der Waals surface area contributed by atoms with Gasteiger partial charge < -0.3 is 5.73 Å². The highest BCUT2D eigenvalue weighted by molar-refractivity contribution is 8.07. The van der Waals surface area contributed by atoms with Crippen molar-refractivity contribution in [3.63, 3.8) is 0 Å². The van der Waals surface area contributed by atoms with Gasteiger partial charge in [-0.15, -0.1) is 0 Å². The van der Waals surface area contributed by atoms with E-state index in [9.17, 15) is 0 Å². The normalized spacial score (nSPS) is 26.8. The number of rotatable bonds is 3. The van der Waals surface area contributed by atoms with Crippen LogP contribution in [0.3, 0.4) is 0 Å². The molecule has 0 bridgehead atoms. The lowest BCUT2D eigenvalue weighted by molar-refractivity contribution is 0.630. The van der Waals surface area contributed by atoms with E-state index in [2.05, 4.69) is 24.8 Å². The molecule has 94 valence electrons. The highest BCUT2D eigenvalue weighted by Crippen LogP contribution is 2.39. The summed E-state index contributed by atoms with van der Waals surface area (Å²) in [5.74, 6) is 2.46. The fraction of sp³-hybridized carbons (Fsp3) is 0.538. The van der Waals surface area contributed by atoms with Crippen molar-refractivity contribution in [1.82, 2.24) is 0 Å². The minimum absolute atomic E-state index is 0.0939. The first kappa shape index (κ1) is 13.6. The number of halogens is 1. The zero-order chi connectivity index (χ0) is 12.3. The lowest BCUT2D eigenvalue weighted by atomic mass is 10.0. The molecule has 1 fully saturated rings. The van der Waals surface area contributed by atoms with E-state index in [-0.39, 0.29) is 6.04 Å². The molecule has 1 saturated heterocycles. The average Bonchev–Trinajstić information content (AvgIpc) is 2.38. The Morgan fingerprint density at radius 2 is 2.18 bits per heavy atom. The summed E-state index contributed by atoms with van der Waals surface area (Å²) in [7, 11) is 0. The summed E-state index contributed by atoms with van der Waals surface area (Å²) in [6.45, 7) is 2.25. The highest BCUT2D eigenvalue weighted by atomic mass is 35.5. The topological polar surface area (TPSA) is 26.0 Å². The van der Waals surface area contributed by atoms with Crippen molar-refractivity contribution in [3.8, 4) is 0 Å². The molecule has 17 heavy (non-hydrogen) atoms. The van der Waals surface area contributed by atoms with E-state index in [1.54, 1.807) is 0 Å². The lowest BCUT2D eigenvalue weighted by Crippen LogP contribution is -2.35. The van der Waals surface area contributed by atoms with Crippen LogP contribution in [0, 0.1) is 0 Å². The standard InChI is InChI=1S/C13H18ClNS2/c1-2-11-13(17-7-6-16-11)12(15)9-4-3-5-10(14)8-9/h3-5,8,11-13H,2,6-7,15H2,1H3. The van der Waals surface area contributed by atoms with Gasteiger partial charge in [0.15, 0.2) is 0 Å². The number of thioether (sulfide) groups is 2. The smallest absolute Gasteiger partial charge is 0.0426 e. The summed E-state index contributed by atoms with van der Waals surface area (Å²) in [5.41, 5.74) is 7.57. The molecule has 3 unspecified atom stereocenters. The SMILES string of the molecule is CCC1SCCSC1C(N)c1cccc(Cl)c1. The maximum Gasteiger partial charge on any atom is 0.0426 e. The van der Waals surface area contributed by atoms with Crippen molar-refractivity contribution < 1.29 is 0 Å². The summed E-state index contributed by atoms with van der Waals surface area (Å²) in [4.78, 5) is 0. The number of nitrogens with two attached hydrogens (primary N) is 1. The zero-order valence-electron chi connectivity index (χ0n) is 9.93. The first-order valence-corrected chi connectivity index (χ1v) is 8.44. The molecule has 4 heteroatoms. The second kappa shape index (κ2) is 6.37. The van der Waals surface area contributed by atoms with Gasteiger partial charge in [0.25, 0.3) is 0 Å². The minimum atomic E-state index is 0.0939. The third-order valence-corrected chi connectivity index (χ3v) is 6.69. The predicted octanol–water partition coefficient (Wildman–Crippen LogP) is 3.97. The minimum Gasteiger partial charge on any atom is -0.323 e. The fourth-order valence-corrected chi connectivity index (χ4v) is 5.56. The van der Waals surface area contributed by atoms with Crippen molar-refractivity contribution in [2.45, 2.75) is 29.9 Å². The Morgan fingerprint density at radius 3 is 2.88 bits per heavy atom. The molecule has 3 atom stereocenters. The molecule has 1 aliphatic rings. The quantitative estimate of drug-likeness (QED) is 0.911. The van der Waals surface area contributed by atoms with Crippen LogP contribution in [0.2, 0.25) is 5.02 Å². The maximum absolute atomic E-state index is 6.41. The summed E-state index contributed by atoms with van der Waals surface area (Å²) in [5, 5.41) is 1.96. The Labute approximate surface area is 117 Å². The van der Waals surface area contributed by atoms with Gasteiger partial charge in [0, 0.05) is 33.1 Å². The van der Waals surface area contributed by atoms with Crippen LogP contribution in [-0.4, -0.2) is 22.0 Å². The molecule has 1 aliphatic heterocycles. The van der Waals surface area contributed by atoms with Gasteiger partial charge in [-0.2, -0.15) is 23.5 Å². The molecular formula is C13H18ClNS2. The largest absolute Gasteiger partial charge is 0.323 e. The molecule has 0 aliphatic carbocycles. The van der Waals surface area contributed by atoms with Crippen LogP contribution in [-0.2, 0) is 0 Å². The molecule has 0 radical (unpaired) electrons. The van der Waals surface area contributed by atoms with E-state index in [1.807, 2.05) is 30.0 Å². The highest BCUT2D eigenvalue weighted by Gasteiger charge is 2.30. The van der Waals surface area contributed by atoms with Crippen LogP contribution >= 0.6 is 35.1 Å². The summed E-state index contributed by atoms with van der Waals surface area (Å²) < 4.78 is 0. The van der Waals surface area contributed by atoms with E-state index < -0.39 is 0 Å². The van der Waals surface area contributed by atoms with Crippen molar-refractivity contribution in [3.05, 3.63) is 34.9 Å².